The summed E-state index contributed by atoms with van der Waals surface area (Å²) in [5.74, 6) is -0.449. The van der Waals surface area contributed by atoms with E-state index in [0.717, 1.165) is 30.1 Å². The second kappa shape index (κ2) is 13.1. The molecule has 2 N–H and O–H groups in total. The summed E-state index contributed by atoms with van der Waals surface area (Å²) in [6.45, 7) is 7.91. The first-order chi connectivity index (χ1) is 20.7. The number of halogens is 4. The van der Waals surface area contributed by atoms with Crippen molar-refractivity contribution >= 4 is 40.5 Å². The summed E-state index contributed by atoms with van der Waals surface area (Å²) in [6.07, 6.45) is -4.77. The van der Waals surface area contributed by atoms with E-state index in [9.17, 15) is 27.2 Å². The number of nitrogens with zero attached hydrogens (tertiary/aromatic N) is 5. The van der Waals surface area contributed by atoms with Crippen LogP contribution < -0.4 is 20.3 Å². The summed E-state index contributed by atoms with van der Waals surface area (Å²) in [7, 11) is 0. The molecule has 0 aliphatic carbocycles. The van der Waals surface area contributed by atoms with Crippen LogP contribution in [-0.4, -0.2) is 84.3 Å². The fourth-order valence-corrected chi connectivity index (χ4v) is 6.12. The lowest BCUT2D eigenvalue weighted by atomic mass is 10.0. The number of nitrogens with two attached hydrogens (primary N) is 1. The normalized spacial score (nSPS) is 19.4. The first kappa shape index (κ1) is 33.1. The predicted molar refractivity (Wildman–Crippen MR) is 161 cm³/mol. The molecule has 0 unspecified atom stereocenters. The van der Waals surface area contributed by atoms with Gasteiger partial charge >= 0.3 is 6.18 Å². The van der Waals surface area contributed by atoms with E-state index < -0.39 is 35.4 Å². The fourth-order valence-electron chi connectivity index (χ4n) is 5.60. The van der Waals surface area contributed by atoms with E-state index >= 15 is 0 Å². The Bertz CT molecular complexity index is 1480. The first-order valence-electron chi connectivity index (χ1n) is 14.1. The number of anilines is 2. The highest BCUT2D eigenvalue weighted by atomic mass is 32.1. The number of carbonyl (C=O) groups excluding carboxylic acids is 2. The SMILES string of the molecule is C[C@@H]1CN(CCOc2ccc(N3C(=S)N(c4ccc(C#N)c(C(F)(F)F)c4)C(=O)C3(C)C)cc2CCF)CCN1CC(N)=O. The number of benzene rings is 2. The molecule has 14 heteroatoms. The first-order valence-corrected chi connectivity index (χ1v) is 14.5. The van der Waals surface area contributed by atoms with Gasteiger partial charge < -0.3 is 15.4 Å². The van der Waals surface area contributed by atoms with Crippen LogP contribution in [0.3, 0.4) is 0 Å². The number of hydrogen-bond acceptors (Lipinski definition) is 7. The molecule has 236 valence electrons. The van der Waals surface area contributed by atoms with E-state index in [1.807, 2.05) is 11.8 Å². The number of nitriles is 1. The second-order valence-corrected chi connectivity index (χ2v) is 11.7. The van der Waals surface area contributed by atoms with Gasteiger partial charge in [-0.2, -0.15) is 18.4 Å². The van der Waals surface area contributed by atoms with Gasteiger partial charge in [-0.05, 0) is 75.0 Å². The molecule has 2 aromatic rings. The predicted octanol–water partition coefficient (Wildman–Crippen LogP) is 3.88. The Morgan fingerprint density at radius 3 is 2.50 bits per heavy atom. The molecule has 4 rings (SSSR count). The number of carbonyl (C=O) groups is 2. The topological polar surface area (TPSA) is 106 Å². The van der Waals surface area contributed by atoms with E-state index in [2.05, 4.69) is 4.90 Å². The van der Waals surface area contributed by atoms with E-state index in [1.54, 1.807) is 32.0 Å². The van der Waals surface area contributed by atoms with Crippen molar-refractivity contribution in [2.45, 2.75) is 44.9 Å². The van der Waals surface area contributed by atoms with Crippen LogP contribution >= 0.6 is 12.2 Å². The molecular formula is C30H34F4N6O3S. The molecule has 0 bridgehead atoms. The minimum atomic E-state index is -4.81. The number of primary amides is 1. The Morgan fingerprint density at radius 1 is 1.18 bits per heavy atom. The summed E-state index contributed by atoms with van der Waals surface area (Å²) in [5, 5.41) is 9.10. The van der Waals surface area contributed by atoms with Crippen molar-refractivity contribution in [2.24, 2.45) is 5.73 Å². The Morgan fingerprint density at radius 2 is 1.89 bits per heavy atom. The number of thiocarbonyl (C=S) groups is 1. The molecule has 2 aliphatic heterocycles. The molecule has 2 aliphatic rings. The number of aryl methyl sites for hydroxylation is 1. The third-order valence-electron chi connectivity index (χ3n) is 7.89. The maximum atomic E-state index is 13.7. The number of alkyl halides is 4. The van der Waals surface area contributed by atoms with Gasteiger partial charge in [-0.25, -0.2) is 0 Å². The van der Waals surface area contributed by atoms with E-state index in [4.69, 9.17) is 28.0 Å². The Balaban J connectivity index is 1.52. The lowest BCUT2D eigenvalue weighted by molar-refractivity contribution is -0.137. The molecule has 9 nitrogen and oxygen atoms in total. The Hall–Kier alpha value is -3.80. The van der Waals surface area contributed by atoms with Gasteiger partial charge in [-0.1, -0.05) is 0 Å². The maximum Gasteiger partial charge on any atom is 0.417 e. The van der Waals surface area contributed by atoms with Crippen molar-refractivity contribution in [1.82, 2.24) is 9.80 Å². The van der Waals surface area contributed by atoms with Gasteiger partial charge in [0.1, 0.15) is 17.9 Å². The molecule has 0 spiro atoms. The highest BCUT2D eigenvalue weighted by Gasteiger charge is 2.51. The van der Waals surface area contributed by atoms with Gasteiger partial charge in [0.15, 0.2) is 5.11 Å². The van der Waals surface area contributed by atoms with Crippen LogP contribution in [0.4, 0.5) is 28.9 Å². The van der Waals surface area contributed by atoms with Crippen molar-refractivity contribution in [3.8, 4) is 11.8 Å². The number of piperazine rings is 1. The third kappa shape index (κ3) is 6.80. The van der Waals surface area contributed by atoms with Crippen LogP contribution in [-0.2, 0) is 22.2 Å². The van der Waals surface area contributed by atoms with Gasteiger partial charge in [0.25, 0.3) is 5.91 Å². The Kier molecular flexibility index (Phi) is 9.82. The monoisotopic (exact) mass is 634 g/mol. The molecule has 2 fully saturated rings. The Labute approximate surface area is 258 Å². The molecule has 2 amide bonds. The van der Waals surface area contributed by atoms with Crippen molar-refractivity contribution in [1.29, 1.82) is 5.26 Å². The largest absolute Gasteiger partial charge is 0.492 e. The molecule has 44 heavy (non-hydrogen) atoms. The highest BCUT2D eigenvalue weighted by Crippen LogP contribution is 2.40. The molecule has 0 aromatic heterocycles. The summed E-state index contributed by atoms with van der Waals surface area (Å²) in [4.78, 5) is 31.6. The van der Waals surface area contributed by atoms with E-state index in [0.29, 0.717) is 36.7 Å². The molecule has 0 radical (unpaired) electrons. The van der Waals surface area contributed by atoms with Crippen LogP contribution in [0, 0.1) is 11.3 Å². The molecule has 2 heterocycles. The quantitative estimate of drug-likeness (QED) is 0.310. The van der Waals surface area contributed by atoms with Gasteiger partial charge in [-0.3, -0.25) is 28.7 Å². The van der Waals surface area contributed by atoms with Gasteiger partial charge in [-0.15, -0.1) is 0 Å². The van der Waals surface area contributed by atoms with E-state index in [-0.39, 0.29) is 35.7 Å². The van der Waals surface area contributed by atoms with Crippen molar-refractivity contribution < 1.29 is 31.9 Å². The third-order valence-corrected chi connectivity index (χ3v) is 8.26. The average Bonchev–Trinajstić information content (AvgIpc) is 3.12. The highest BCUT2D eigenvalue weighted by molar-refractivity contribution is 7.81. The van der Waals surface area contributed by atoms with E-state index in [1.165, 1.54) is 17.0 Å². The molecule has 2 saturated heterocycles. The fraction of sp³-hybridized carbons (Fsp3) is 0.467. The summed E-state index contributed by atoms with van der Waals surface area (Å²) in [6, 6.07) is 9.70. The molecule has 2 aromatic carbocycles. The van der Waals surface area contributed by atoms with Crippen molar-refractivity contribution in [3.63, 3.8) is 0 Å². The van der Waals surface area contributed by atoms with Crippen molar-refractivity contribution in [2.75, 3.05) is 55.8 Å². The molecule has 0 saturated carbocycles. The smallest absolute Gasteiger partial charge is 0.417 e. The van der Waals surface area contributed by atoms with Crippen molar-refractivity contribution in [3.05, 3.63) is 53.1 Å². The summed E-state index contributed by atoms with van der Waals surface area (Å²) in [5.41, 5.74) is 3.19. The van der Waals surface area contributed by atoms with Crippen LogP contribution in [0.25, 0.3) is 0 Å². The number of rotatable bonds is 10. The summed E-state index contributed by atoms with van der Waals surface area (Å²) < 4.78 is 60.6. The number of ether oxygens (including phenoxy) is 1. The zero-order valence-electron chi connectivity index (χ0n) is 24.7. The van der Waals surface area contributed by atoms with Crippen LogP contribution in [0.5, 0.6) is 5.75 Å². The molecule has 1 atom stereocenters. The maximum absolute atomic E-state index is 13.7. The van der Waals surface area contributed by atoms with Crippen LogP contribution in [0.2, 0.25) is 0 Å². The van der Waals surface area contributed by atoms with Crippen LogP contribution in [0.1, 0.15) is 37.5 Å². The molecular weight excluding hydrogens is 600 g/mol. The van der Waals surface area contributed by atoms with Gasteiger partial charge in [0.2, 0.25) is 5.91 Å². The van der Waals surface area contributed by atoms with Crippen LogP contribution in [0.15, 0.2) is 36.4 Å². The average molecular weight is 635 g/mol. The van der Waals surface area contributed by atoms with Gasteiger partial charge in [0.05, 0.1) is 36.1 Å². The zero-order valence-corrected chi connectivity index (χ0v) is 25.5. The standard InChI is InChI=1S/C30H34F4N6O3S/c1-19-17-37(10-11-38(19)18-26(36)41)12-13-43-25-7-6-23(14-20(25)8-9-31)40-28(44)39(27(42)29(40,2)3)22-5-4-21(16-35)24(15-22)30(32,33)34/h4-7,14-15,19H,8-13,17-18H2,1-3H3,(H2,36,41)/t19-/m1/s1. The minimum absolute atomic E-state index is 0.0370. The summed E-state index contributed by atoms with van der Waals surface area (Å²) >= 11 is 5.62. The van der Waals surface area contributed by atoms with Gasteiger partial charge in [0, 0.05) is 44.3 Å². The lowest BCUT2D eigenvalue weighted by Crippen LogP contribution is -2.54. The zero-order chi connectivity index (χ0) is 32.4. The number of amides is 2. The minimum Gasteiger partial charge on any atom is -0.492 e. The second-order valence-electron chi connectivity index (χ2n) is 11.3. The number of hydrogen-bond donors (Lipinski definition) is 1. The lowest BCUT2D eigenvalue weighted by Gasteiger charge is -2.39.